The lowest BCUT2D eigenvalue weighted by Crippen LogP contribution is -2.39. The molecule has 8 heteroatoms. The summed E-state index contributed by atoms with van der Waals surface area (Å²) in [6.45, 7) is 2.12. The Bertz CT molecular complexity index is 2430. The average Bonchev–Trinajstić information content (AvgIpc) is 3.98. The molecule has 8 nitrogen and oxygen atoms in total. The van der Waals surface area contributed by atoms with E-state index < -0.39 is 5.41 Å². The van der Waals surface area contributed by atoms with E-state index in [9.17, 15) is 0 Å². The van der Waals surface area contributed by atoms with Crippen molar-refractivity contribution in [3.05, 3.63) is 216 Å². The van der Waals surface area contributed by atoms with Gasteiger partial charge in [0.05, 0.1) is 14.2 Å². The monoisotopic (exact) mass is 806 g/mol. The van der Waals surface area contributed by atoms with E-state index >= 15 is 0 Å². The van der Waals surface area contributed by atoms with Crippen LogP contribution in [0.1, 0.15) is 59.0 Å². The largest absolute Gasteiger partial charge is 0.497 e. The van der Waals surface area contributed by atoms with Gasteiger partial charge in [0, 0.05) is 6.07 Å². The number of ether oxygens (including phenoxy) is 6. The molecule has 2 aliphatic heterocycles. The molecular formula is C53H46N2O6. The molecular weight excluding hydrogens is 761 g/mol. The first-order valence-corrected chi connectivity index (χ1v) is 20.4. The topological polar surface area (TPSA) is 80.1 Å². The number of nitrogens with zero attached hydrogens (tertiary/aromatic N) is 2. The van der Waals surface area contributed by atoms with E-state index in [2.05, 4.69) is 55.5 Å². The van der Waals surface area contributed by atoms with Crippen molar-refractivity contribution in [3.8, 4) is 34.5 Å². The van der Waals surface area contributed by atoms with E-state index in [-0.39, 0.29) is 24.3 Å². The molecule has 0 fully saturated rings. The van der Waals surface area contributed by atoms with Crippen molar-refractivity contribution in [3.63, 3.8) is 0 Å². The molecule has 0 spiro atoms. The van der Waals surface area contributed by atoms with Crippen LogP contribution < -0.4 is 18.9 Å². The Kier molecular flexibility index (Phi) is 11.2. The highest BCUT2D eigenvalue weighted by molar-refractivity contribution is 6.06. The third kappa shape index (κ3) is 8.57. The molecule has 0 aliphatic carbocycles. The molecule has 0 N–H and O–H groups in total. The van der Waals surface area contributed by atoms with Gasteiger partial charge in [0.1, 0.15) is 52.0 Å². The number of rotatable bonds is 14. The van der Waals surface area contributed by atoms with E-state index in [1.807, 2.05) is 140 Å². The Morgan fingerprint density at radius 1 is 0.426 bits per heavy atom. The van der Waals surface area contributed by atoms with Crippen LogP contribution in [0.4, 0.5) is 0 Å². The fraction of sp³-hybridized carbons (Fsp3) is 0.170. The molecule has 4 atom stereocenters. The number of hydrogen-bond acceptors (Lipinski definition) is 8. The molecule has 0 bridgehead atoms. The summed E-state index contributed by atoms with van der Waals surface area (Å²) in [4.78, 5) is 11.0. The minimum absolute atomic E-state index is 0.312. The summed E-state index contributed by atoms with van der Waals surface area (Å²) in [5, 5.41) is 0. The first kappa shape index (κ1) is 39.2. The standard InChI is InChI=1S/C53H46N2O6/c1-53(51-54-47(37-16-8-4-9-17-37)49(60-51)39-20-12-6-13-21-39,52-55-48(38-18-10-5-11-19-38)50(61-52)40-22-14-7-15-23-40)35-36-32-45(58-43-28-24-41(56-2)25-29-43)34-46(33-36)59-44-30-26-42(57-3)27-31-44/h4-34,47-50H,35H2,1-3H3/t47-,48-,49+,50+/m0/s1. The second-order valence-corrected chi connectivity index (χ2v) is 15.4. The van der Waals surface area contributed by atoms with Crippen molar-refractivity contribution in [2.24, 2.45) is 15.4 Å². The van der Waals surface area contributed by atoms with Gasteiger partial charge in [-0.1, -0.05) is 121 Å². The van der Waals surface area contributed by atoms with Gasteiger partial charge in [0.15, 0.2) is 12.2 Å². The highest BCUT2D eigenvalue weighted by atomic mass is 16.5. The van der Waals surface area contributed by atoms with E-state index in [0.29, 0.717) is 41.2 Å². The van der Waals surface area contributed by atoms with Crippen LogP contribution in [0.3, 0.4) is 0 Å². The van der Waals surface area contributed by atoms with Crippen LogP contribution in [0.15, 0.2) is 198 Å². The van der Waals surface area contributed by atoms with Crippen LogP contribution in [0, 0.1) is 5.41 Å². The second kappa shape index (κ2) is 17.5. The summed E-state index contributed by atoms with van der Waals surface area (Å²) in [7, 11) is 3.29. The lowest BCUT2D eigenvalue weighted by molar-refractivity contribution is 0.158. The molecule has 9 rings (SSSR count). The van der Waals surface area contributed by atoms with Gasteiger partial charge in [0.25, 0.3) is 0 Å². The van der Waals surface area contributed by atoms with Crippen LogP contribution in [-0.2, 0) is 15.9 Å². The Morgan fingerprint density at radius 3 is 1.13 bits per heavy atom. The summed E-state index contributed by atoms with van der Waals surface area (Å²) in [5.74, 6) is 5.02. The van der Waals surface area contributed by atoms with E-state index in [1.165, 1.54) is 0 Å². The highest BCUT2D eigenvalue weighted by Crippen LogP contribution is 2.49. The molecule has 2 aliphatic rings. The SMILES string of the molecule is COc1ccc(Oc2cc(CC(C)(C3=N[C@@H](c4ccccc4)[C@@H](c4ccccc4)O3)C3=N[C@@H](c4ccccc4)[C@@H](c4ccccc4)O3)cc(Oc3ccc(OC)cc3)c2)cc1. The number of methoxy groups -OCH3 is 2. The summed E-state index contributed by atoms with van der Waals surface area (Å²) in [5.41, 5.74) is 4.06. The predicted molar refractivity (Wildman–Crippen MR) is 238 cm³/mol. The third-order valence-electron chi connectivity index (χ3n) is 11.1. The minimum Gasteiger partial charge on any atom is -0.497 e. The van der Waals surface area contributed by atoms with Gasteiger partial charge in [0.2, 0.25) is 11.8 Å². The third-order valence-corrected chi connectivity index (χ3v) is 11.1. The maximum absolute atomic E-state index is 7.14. The Hall–Kier alpha value is -7.32. The first-order valence-electron chi connectivity index (χ1n) is 20.4. The molecule has 0 aromatic heterocycles. The second-order valence-electron chi connectivity index (χ2n) is 15.4. The summed E-state index contributed by atoms with van der Waals surface area (Å²) < 4.78 is 38.1. The number of aliphatic imine (C=N–C) groups is 2. The average molecular weight is 807 g/mol. The van der Waals surface area contributed by atoms with E-state index in [0.717, 1.165) is 39.3 Å². The van der Waals surface area contributed by atoms with Crippen molar-refractivity contribution in [1.29, 1.82) is 0 Å². The summed E-state index contributed by atoms with van der Waals surface area (Å²) in [6, 6.07) is 61.5. The lowest BCUT2D eigenvalue weighted by atomic mass is 9.82. The molecule has 2 heterocycles. The zero-order valence-electron chi connectivity index (χ0n) is 34.3. The zero-order chi connectivity index (χ0) is 41.6. The van der Waals surface area contributed by atoms with Gasteiger partial charge in [-0.3, -0.25) is 0 Å². The van der Waals surface area contributed by atoms with Gasteiger partial charge >= 0.3 is 0 Å². The van der Waals surface area contributed by atoms with Gasteiger partial charge in [-0.2, -0.15) is 0 Å². The van der Waals surface area contributed by atoms with Gasteiger partial charge in [-0.05, 0) is 102 Å². The zero-order valence-corrected chi connectivity index (χ0v) is 34.3. The molecule has 0 radical (unpaired) electrons. The molecule has 0 saturated carbocycles. The molecule has 304 valence electrons. The van der Waals surface area contributed by atoms with Crippen molar-refractivity contribution in [2.45, 2.75) is 37.6 Å². The fourth-order valence-corrected chi connectivity index (χ4v) is 8.01. The normalized spacial score (nSPS) is 18.3. The summed E-state index contributed by atoms with van der Waals surface area (Å²) >= 11 is 0. The maximum atomic E-state index is 7.14. The van der Waals surface area contributed by atoms with Crippen LogP contribution >= 0.6 is 0 Å². The van der Waals surface area contributed by atoms with Crippen LogP contribution in [0.25, 0.3) is 0 Å². The molecule has 7 aromatic rings. The van der Waals surface area contributed by atoms with Crippen molar-refractivity contribution >= 4 is 11.8 Å². The predicted octanol–water partition coefficient (Wildman–Crippen LogP) is 12.7. The van der Waals surface area contributed by atoms with Gasteiger partial charge in [-0.15, -0.1) is 0 Å². The summed E-state index contributed by atoms with van der Waals surface area (Å²) in [6.07, 6.45) is -0.378. The Morgan fingerprint density at radius 2 is 0.770 bits per heavy atom. The van der Waals surface area contributed by atoms with Crippen LogP contribution in [0.2, 0.25) is 0 Å². The van der Waals surface area contributed by atoms with E-state index in [1.54, 1.807) is 14.2 Å². The number of hydrogen-bond donors (Lipinski definition) is 0. The lowest BCUT2D eigenvalue weighted by Gasteiger charge is -2.30. The van der Waals surface area contributed by atoms with Crippen LogP contribution in [0.5, 0.6) is 34.5 Å². The Labute approximate surface area is 356 Å². The molecule has 61 heavy (non-hydrogen) atoms. The minimum atomic E-state index is -0.997. The van der Waals surface area contributed by atoms with Crippen molar-refractivity contribution in [2.75, 3.05) is 14.2 Å². The smallest absolute Gasteiger partial charge is 0.200 e. The molecule has 0 saturated heterocycles. The van der Waals surface area contributed by atoms with Crippen LogP contribution in [-0.4, -0.2) is 26.0 Å². The molecule has 0 amide bonds. The molecule has 0 unspecified atom stereocenters. The first-order chi connectivity index (χ1) is 30.0. The quantitative estimate of drug-likeness (QED) is 0.109. The van der Waals surface area contributed by atoms with Crippen molar-refractivity contribution in [1.82, 2.24) is 0 Å². The maximum Gasteiger partial charge on any atom is 0.200 e. The van der Waals surface area contributed by atoms with E-state index in [4.69, 9.17) is 38.4 Å². The highest BCUT2D eigenvalue weighted by Gasteiger charge is 2.50. The fourth-order valence-electron chi connectivity index (χ4n) is 8.01. The van der Waals surface area contributed by atoms with Crippen molar-refractivity contribution < 1.29 is 28.4 Å². The Balaban J connectivity index is 1.17. The van der Waals surface area contributed by atoms with Gasteiger partial charge < -0.3 is 28.4 Å². The molecule has 7 aromatic carbocycles. The van der Waals surface area contributed by atoms with Gasteiger partial charge in [-0.25, -0.2) is 9.98 Å². The number of benzene rings is 7.